The lowest BCUT2D eigenvalue weighted by atomic mass is 10.2. The summed E-state index contributed by atoms with van der Waals surface area (Å²) in [7, 11) is 0. The third kappa shape index (κ3) is 4.36. The highest BCUT2D eigenvalue weighted by Gasteiger charge is 2.27. The lowest BCUT2D eigenvalue weighted by Gasteiger charge is -2.36. The molecule has 1 aliphatic heterocycles. The number of nitrogens with zero attached hydrogens (tertiary/aromatic N) is 4. The molecular formula is C25H22Cl2N4O2. The highest BCUT2D eigenvalue weighted by molar-refractivity contribution is 6.32. The van der Waals surface area contributed by atoms with Gasteiger partial charge in [-0.2, -0.15) is 5.10 Å². The fourth-order valence-corrected chi connectivity index (χ4v) is 4.44. The van der Waals surface area contributed by atoms with Gasteiger partial charge in [-0.15, -0.1) is 0 Å². The number of halogens is 2. The van der Waals surface area contributed by atoms with Gasteiger partial charge >= 0.3 is 0 Å². The Kier molecular flexibility index (Phi) is 5.87. The molecule has 1 aliphatic rings. The predicted octanol–water partition coefficient (Wildman–Crippen LogP) is 5.71. The fourth-order valence-electron chi connectivity index (χ4n) is 4.04. The molecule has 0 bridgehead atoms. The van der Waals surface area contributed by atoms with Crippen molar-refractivity contribution < 1.29 is 9.21 Å². The third-order valence-electron chi connectivity index (χ3n) is 5.74. The van der Waals surface area contributed by atoms with E-state index >= 15 is 0 Å². The quantitative estimate of drug-likeness (QED) is 0.375. The minimum absolute atomic E-state index is 0.0947. The number of aromatic nitrogens is 2. The second-order valence-corrected chi connectivity index (χ2v) is 8.79. The Morgan fingerprint density at radius 2 is 1.73 bits per heavy atom. The molecule has 8 heteroatoms. The molecule has 0 spiro atoms. The van der Waals surface area contributed by atoms with E-state index in [-0.39, 0.29) is 5.91 Å². The maximum atomic E-state index is 13.6. The largest absolute Gasteiger partial charge is 0.460 e. The number of amides is 1. The topological polar surface area (TPSA) is 54.5 Å². The number of carbonyl (C=O) groups is 1. The van der Waals surface area contributed by atoms with Crippen LogP contribution >= 0.6 is 23.2 Å². The number of furan rings is 1. The third-order valence-corrected chi connectivity index (χ3v) is 6.30. The maximum absolute atomic E-state index is 13.6. The van der Waals surface area contributed by atoms with Crippen molar-refractivity contribution in [3.8, 4) is 17.1 Å². The maximum Gasteiger partial charge on any atom is 0.272 e. The molecule has 168 valence electrons. The summed E-state index contributed by atoms with van der Waals surface area (Å²) in [6.07, 6.45) is 0. The Labute approximate surface area is 201 Å². The zero-order valence-corrected chi connectivity index (χ0v) is 19.6. The summed E-state index contributed by atoms with van der Waals surface area (Å²) in [5.41, 5.74) is 2.74. The van der Waals surface area contributed by atoms with Crippen LogP contribution < -0.4 is 4.90 Å². The Balaban J connectivity index is 1.44. The lowest BCUT2D eigenvalue weighted by Crippen LogP contribution is -2.49. The number of carbonyl (C=O) groups excluding carboxylic acids is 1. The van der Waals surface area contributed by atoms with E-state index in [1.807, 2.05) is 66.4 Å². The highest BCUT2D eigenvalue weighted by atomic mass is 35.5. The van der Waals surface area contributed by atoms with Gasteiger partial charge in [-0.3, -0.25) is 4.79 Å². The van der Waals surface area contributed by atoms with Crippen LogP contribution in [0.25, 0.3) is 17.1 Å². The van der Waals surface area contributed by atoms with Gasteiger partial charge in [0.05, 0.1) is 10.7 Å². The molecule has 2 aromatic heterocycles. The number of benzene rings is 2. The highest BCUT2D eigenvalue weighted by Crippen LogP contribution is 2.28. The lowest BCUT2D eigenvalue weighted by molar-refractivity contribution is 0.0737. The van der Waals surface area contributed by atoms with Gasteiger partial charge in [0, 0.05) is 43.0 Å². The summed E-state index contributed by atoms with van der Waals surface area (Å²) >= 11 is 12.6. The predicted molar refractivity (Wildman–Crippen MR) is 131 cm³/mol. The molecule has 4 aromatic rings. The Morgan fingerprint density at radius 1 is 0.939 bits per heavy atom. The summed E-state index contributed by atoms with van der Waals surface area (Å²) in [5.74, 6) is 1.29. The minimum atomic E-state index is -0.0947. The minimum Gasteiger partial charge on any atom is -0.460 e. The summed E-state index contributed by atoms with van der Waals surface area (Å²) < 4.78 is 7.36. The number of piperazine rings is 1. The first-order chi connectivity index (χ1) is 16.0. The molecule has 3 heterocycles. The van der Waals surface area contributed by atoms with E-state index in [0.717, 1.165) is 24.5 Å². The van der Waals surface area contributed by atoms with Crippen LogP contribution in [0.4, 0.5) is 5.69 Å². The van der Waals surface area contributed by atoms with Crippen LogP contribution in [0.1, 0.15) is 16.2 Å². The van der Waals surface area contributed by atoms with Gasteiger partial charge in [0.1, 0.15) is 17.1 Å². The smallest absolute Gasteiger partial charge is 0.272 e. The summed E-state index contributed by atoms with van der Waals surface area (Å²) in [6, 6.07) is 20.6. The zero-order valence-electron chi connectivity index (χ0n) is 18.0. The van der Waals surface area contributed by atoms with Crippen LogP contribution in [0.15, 0.2) is 71.1 Å². The van der Waals surface area contributed by atoms with Gasteiger partial charge in [0.15, 0.2) is 5.76 Å². The van der Waals surface area contributed by atoms with Crippen LogP contribution in [0.5, 0.6) is 0 Å². The van der Waals surface area contributed by atoms with Gasteiger partial charge in [0.25, 0.3) is 5.91 Å². The number of para-hydroxylation sites is 1. The standard InChI is InChI=1S/C25H22Cl2N4O2/c1-17-9-10-24(33-17)21-16-23(31(28-21)22-8-3-2-7-20(22)27)25(32)30-13-11-29(12-14-30)19-6-4-5-18(26)15-19/h2-10,15-16H,11-14H2,1H3. The van der Waals surface area contributed by atoms with Crippen molar-refractivity contribution in [1.29, 1.82) is 0 Å². The van der Waals surface area contributed by atoms with Crippen LogP contribution in [0, 0.1) is 6.92 Å². The van der Waals surface area contributed by atoms with Crippen molar-refractivity contribution in [3.63, 3.8) is 0 Å². The van der Waals surface area contributed by atoms with Gasteiger partial charge in [0.2, 0.25) is 0 Å². The van der Waals surface area contributed by atoms with E-state index in [1.54, 1.807) is 16.8 Å². The molecule has 0 N–H and O–H groups in total. The molecule has 1 amide bonds. The number of aryl methyl sites for hydroxylation is 1. The van der Waals surface area contributed by atoms with E-state index in [2.05, 4.69) is 10.00 Å². The van der Waals surface area contributed by atoms with Crippen molar-refractivity contribution in [2.45, 2.75) is 6.92 Å². The van der Waals surface area contributed by atoms with Crippen LogP contribution in [0.2, 0.25) is 10.0 Å². The molecule has 0 unspecified atom stereocenters. The van der Waals surface area contributed by atoms with E-state index in [1.165, 1.54) is 0 Å². The Bertz CT molecular complexity index is 1310. The van der Waals surface area contributed by atoms with Crippen LogP contribution in [-0.2, 0) is 0 Å². The molecule has 5 rings (SSSR count). The number of hydrogen-bond acceptors (Lipinski definition) is 4. The average molecular weight is 481 g/mol. The first kappa shape index (κ1) is 21.6. The van der Waals surface area contributed by atoms with E-state index in [0.29, 0.717) is 46.0 Å². The molecule has 33 heavy (non-hydrogen) atoms. The molecule has 1 saturated heterocycles. The summed E-state index contributed by atoms with van der Waals surface area (Å²) in [4.78, 5) is 17.7. The molecule has 2 aromatic carbocycles. The molecule has 1 fully saturated rings. The number of rotatable bonds is 4. The first-order valence-electron chi connectivity index (χ1n) is 10.7. The van der Waals surface area contributed by atoms with Crippen molar-refractivity contribution >= 4 is 34.8 Å². The molecule has 0 saturated carbocycles. The zero-order chi connectivity index (χ0) is 22.9. The molecule has 6 nitrogen and oxygen atoms in total. The summed E-state index contributed by atoms with van der Waals surface area (Å²) in [6.45, 7) is 4.50. The van der Waals surface area contributed by atoms with Crippen molar-refractivity contribution in [1.82, 2.24) is 14.7 Å². The van der Waals surface area contributed by atoms with Crippen molar-refractivity contribution in [2.75, 3.05) is 31.1 Å². The molecule has 0 radical (unpaired) electrons. The Hall–Kier alpha value is -3.22. The number of anilines is 1. The average Bonchev–Trinajstić information content (AvgIpc) is 3.46. The molecule has 0 atom stereocenters. The van der Waals surface area contributed by atoms with E-state index < -0.39 is 0 Å². The SMILES string of the molecule is Cc1ccc(-c2cc(C(=O)N3CCN(c4cccc(Cl)c4)CC3)n(-c3ccccc3Cl)n2)o1. The van der Waals surface area contributed by atoms with Crippen molar-refractivity contribution in [2.24, 2.45) is 0 Å². The van der Waals surface area contributed by atoms with Crippen molar-refractivity contribution in [3.05, 3.63) is 88.2 Å². The number of hydrogen-bond donors (Lipinski definition) is 0. The second kappa shape index (κ2) is 8.96. The molecular weight excluding hydrogens is 459 g/mol. The van der Waals surface area contributed by atoms with Gasteiger partial charge in [-0.25, -0.2) is 4.68 Å². The summed E-state index contributed by atoms with van der Waals surface area (Å²) in [5, 5.41) is 5.90. The van der Waals surface area contributed by atoms with Crippen LogP contribution in [0.3, 0.4) is 0 Å². The van der Waals surface area contributed by atoms with Crippen LogP contribution in [-0.4, -0.2) is 46.8 Å². The van der Waals surface area contributed by atoms with Gasteiger partial charge in [-0.1, -0.05) is 41.4 Å². The van der Waals surface area contributed by atoms with Gasteiger partial charge in [-0.05, 0) is 49.4 Å². The second-order valence-electron chi connectivity index (χ2n) is 7.95. The normalized spacial score (nSPS) is 14.0. The van der Waals surface area contributed by atoms with Gasteiger partial charge < -0.3 is 14.2 Å². The molecule has 0 aliphatic carbocycles. The first-order valence-corrected chi connectivity index (χ1v) is 11.5. The monoisotopic (exact) mass is 480 g/mol. The van der Waals surface area contributed by atoms with E-state index in [4.69, 9.17) is 27.6 Å². The Morgan fingerprint density at radius 3 is 2.42 bits per heavy atom. The fraction of sp³-hybridized carbons (Fsp3) is 0.200. The van der Waals surface area contributed by atoms with E-state index in [9.17, 15) is 4.79 Å².